The van der Waals surface area contributed by atoms with Gasteiger partial charge in [-0.05, 0) is 23.8 Å². The van der Waals surface area contributed by atoms with E-state index in [1.165, 1.54) is 41.6 Å². The van der Waals surface area contributed by atoms with Crippen molar-refractivity contribution < 1.29 is 27.5 Å². The second kappa shape index (κ2) is 11.8. The summed E-state index contributed by atoms with van der Waals surface area (Å²) in [5.41, 5.74) is 1.07. The molecule has 0 saturated carbocycles. The average Bonchev–Trinajstić information content (AvgIpc) is 2.83. The maximum absolute atomic E-state index is 13.5. The number of benzene rings is 2. The number of nitrogens with zero attached hydrogens (tertiary/aromatic N) is 2. The Morgan fingerprint density at radius 2 is 1.64 bits per heavy atom. The van der Waals surface area contributed by atoms with Gasteiger partial charge in [0.05, 0.1) is 20.1 Å². The molecule has 1 amide bonds. The van der Waals surface area contributed by atoms with Crippen molar-refractivity contribution >= 4 is 21.9 Å². The Morgan fingerprint density at radius 3 is 2.18 bits per heavy atom. The number of ether oxygens (including phenoxy) is 2. The van der Waals surface area contributed by atoms with E-state index in [1.807, 2.05) is 30.3 Å². The molecule has 2 aromatic rings. The van der Waals surface area contributed by atoms with Gasteiger partial charge in [-0.25, -0.2) is 8.42 Å². The fourth-order valence-corrected chi connectivity index (χ4v) is 5.17. The molecule has 1 unspecified atom stereocenters. The van der Waals surface area contributed by atoms with Crippen molar-refractivity contribution in [1.29, 1.82) is 0 Å². The Morgan fingerprint density at radius 1 is 1.00 bits per heavy atom. The molecule has 33 heavy (non-hydrogen) atoms. The highest BCUT2D eigenvalue weighted by Crippen LogP contribution is 2.28. The van der Waals surface area contributed by atoms with Crippen LogP contribution in [0.15, 0.2) is 53.4 Å². The molecule has 0 spiro atoms. The van der Waals surface area contributed by atoms with E-state index in [-0.39, 0.29) is 42.4 Å². The Labute approximate surface area is 196 Å². The molecule has 0 bridgehead atoms. The van der Waals surface area contributed by atoms with Crippen LogP contribution in [-0.2, 0) is 26.1 Å². The van der Waals surface area contributed by atoms with Crippen molar-refractivity contribution in [3.8, 4) is 5.75 Å². The molecule has 0 fully saturated rings. The fourth-order valence-electron chi connectivity index (χ4n) is 3.53. The van der Waals surface area contributed by atoms with Crippen LogP contribution in [0.2, 0.25) is 0 Å². The van der Waals surface area contributed by atoms with Crippen molar-refractivity contribution in [3.05, 3.63) is 59.7 Å². The van der Waals surface area contributed by atoms with E-state index in [4.69, 9.17) is 9.47 Å². The molecule has 8 nitrogen and oxygen atoms in total. The zero-order chi connectivity index (χ0) is 24.6. The zero-order valence-electron chi connectivity index (χ0n) is 19.8. The molecule has 0 aromatic heterocycles. The van der Waals surface area contributed by atoms with Crippen molar-refractivity contribution in [2.45, 2.75) is 32.2 Å². The van der Waals surface area contributed by atoms with Crippen LogP contribution in [0.1, 0.15) is 36.7 Å². The van der Waals surface area contributed by atoms with E-state index < -0.39 is 27.8 Å². The number of sulfonamides is 1. The summed E-state index contributed by atoms with van der Waals surface area (Å²) in [7, 11) is -1.17. The van der Waals surface area contributed by atoms with Crippen LogP contribution in [0.5, 0.6) is 5.75 Å². The molecular formula is C24H32N2O6S. The van der Waals surface area contributed by atoms with Gasteiger partial charge in [-0.3, -0.25) is 9.59 Å². The molecule has 0 saturated heterocycles. The van der Waals surface area contributed by atoms with E-state index in [0.717, 1.165) is 5.56 Å². The number of hydrogen-bond acceptors (Lipinski definition) is 6. The summed E-state index contributed by atoms with van der Waals surface area (Å²) >= 11 is 0. The highest BCUT2D eigenvalue weighted by molar-refractivity contribution is 7.89. The van der Waals surface area contributed by atoms with E-state index in [9.17, 15) is 18.0 Å². The molecule has 0 radical (unpaired) electrons. The van der Waals surface area contributed by atoms with Crippen LogP contribution in [-0.4, -0.2) is 63.4 Å². The van der Waals surface area contributed by atoms with Gasteiger partial charge < -0.3 is 14.4 Å². The lowest BCUT2D eigenvalue weighted by atomic mass is 10.1. The lowest BCUT2D eigenvalue weighted by Gasteiger charge is -2.26. The Bertz CT molecular complexity index is 1050. The highest BCUT2D eigenvalue weighted by Gasteiger charge is 2.29. The standard InChI is InChI=1S/C24H32N2O6S/c1-6-26(7-2)33(29,30)22-15-20(13-14-21(22)31-4)23(27)25(16-18(3)24(28)32-5)17-19-11-9-8-10-12-19/h8-15,18H,6-7,16-17H2,1-5H3. The molecule has 2 aromatic carbocycles. The summed E-state index contributed by atoms with van der Waals surface area (Å²) in [4.78, 5) is 27.0. The first kappa shape index (κ1) is 26.3. The van der Waals surface area contributed by atoms with Gasteiger partial charge in [-0.1, -0.05) is 51.1 Å². The van der Waals surface area contributed by atoms with Gasteiger partial charge in [0.15, 0.2) is 0 Å². The molecule has 0 aliphatic carbocycles. The summed E-state index contributed by atoms with van der Waals surface area (Å²) in [5, 5.41) is 0. The Hall–Kier alpha value is -2.91. The Balaban J connectivity index is 2.49. The first-order chi connectivity index (χ1) is 15.7. The lowest BCUT2D eigenvalue weighted by Crippen LogP contribution is -2.37. The zero-order valence-corrected chi connectivity index (χ0v) is 20.6. The normalized spacial score (nSPS) is 12.3. The first-order valence-electron chi connectivity index (χ1n) is 10.8. The number of carbonyl (C=O) groups excluding carboxylic acids is 2. The van der Waals surface area contributed by atoms with Gasteiger partial charge in [0.2, 0.25) is 10.0 Å². The maximum Gasteiger partial charge on any atom is 0.310 e. The number of methoxy groups -OCH3 is 2. The molecule has 9 heteroatoms. The predicted octanol–water partition coefficient (Wildman–Crippen LogP) is 3.18. The van der Waals surface area contributed by atoms with Crippen LogP contribution in [0, 0.1) is 5.92 Å². The van der Waals surface area contributed by atoms with Gasteiger partial charge in [0.25, 0.3) is 5.91 Å². The van der Waals surface area contributed by atoms with Crippen molar-refractivity contribution in [3.63, 3.8) is 0 Å². The van der Waals surface area contributed by atoms with Crippen molar-refractivity contribution in [2.75, 3.05) is 33.9 Å². The number of esters is 1. The van der Waals surface area contributed by atoms with Crippen LogP contribution in [0.25, 0.3) is 0 Å². The summed E-state index contributed by atoms with van der Waals surface area (Å²) < 4.78 is 37.8. The van der Waals surface area contributed by atoms with Gasteiger partial charge in [0.1, 0.15) is 10.6 Å². The quantitative estimate of drug-likeness (QED) is 0.463. The predicted molar refractivity (Wildman–Crippen MR) is 125 cm³/mol. The summed E-state index contributed by atoms with van der Waals surface area (Å²) in [6.45, 7) is 6.13. The second-order valence-corrected chi connectivity index (χ2v) is 9.46. The van der Waals surface area contributed by atoms with E-state index in [0.29, 0.717) is 0 Å². The molecule has 0 N–H and O–H groups in total. The largest absolute Gasteiger partial charge is 0.495 e. The van der Waals surface area contributed by atoms with Crippen molar-refractivity contribution in [1.82, 2.24) is 9.21 Å². The van der Waals surface area contributed by atoms with Gasteiger partial charge >= 0.3 is 5.97 Å². The Kier molecular flexibility index (Phi) is 9.43. The van der Waals surface area contributed by atoms with Crippen LogP contribution in [0.4, 0.5) is 0 Å². The molecule has 0 heterocycles. The van der Waals surface area contributed by atoms with Crippen LogP contribution in [0.3, 0.4) is 0 Å². The van der Waals surface area contributed by atoms with Crippen LogP contribution < -0.4 is 4.74 Å². The number of hydrogen-bond donors (Lipinski definition) is 0. The fraction of sp³-hybridized carbons (Fsp3) is 0.417. The minimum Gasteiger partial charge on any atom is -0.495 e. The second-order valence-electron chi connectivity index (χ2n) is 7.55. The molecule has 0 aliphatic heterocycles. The first-order valence-corrected chi connectivity index (χ1v) is 12.2. The van der Waals surface area contributed by atoms with E-state index >= 15 is 0 Å². The summed E-state index contributed by atoms with van der Waals surface area (Å²) in [6.07, 6.45) is 0. The highest BCUT2D eigenvalue weighted by atomic mass is 32.2. The third-order valence-corrected chi connectivity index (χ3v) is 7.41. The van der Waals surface area contributed by atoms with Gasteiger partial charge in [-0.2, -0.15) is 4.31 Å². The third-order valence-electron chi connectivity index (χ3n) is 5.34. The number of carbonyl (C=O) groups is 2. The summed E-state index contributed by atoms with van der Waals surface area (Å²) in [5.74, 6) is -1.22. The monoisotopic (exact) mass is 476 g/mol. The summed E-state index contributed by atoms with van der Waals surface area (Å²) in [6, 6.07) is 13.7. The molecule has 1 atom stereocenters. The number of amides is 1. The van der Waals surface area contributed by atoms with E-state index in [2.05, 4.69) is 0 Å². The van der Waals surface area contributed by atoms with E-state index in [1.54, 1.807) is 20.8 Å². The topological polar surface area (TPSA) is 93.2 Å². The number of rotatable bonds is 11. The average molecular weight is 477 g/mol. The molecular weight excluding hydrogens is 444 g/mol. The van der Waals surface area contributed by atoms with Crippen molar-refractivity contribution in [2.24, 2.45) is 5.92 Å². The maximum atomic E-state index is 13.5. The molecule has 0 aliphatic rings. The third kappa shape index (κ3) is 6.33. The van der Waals surface area contributed by atoms with Crippen LogP contribution >= 0.6 is 0 Å². The molecule has 2 rings (SSSR count). The SMILES string of the molecule is CCN(CC)S(=O)(=O)c1cc(C(=O)N(Cc2ccccc2)CC(C)C(=O)OC)ccc1OC. The minimum absolute atomic E-state index is 0.0692. The lowest BCUT2D eigenvalue weighted by molar-refractivity contribution is -0.145. The molecule has 180 valence electrons. The van der Waals surface area contributed by atoms with Gasteiger partial charge in [-0.15, -0.1) is 0 Å². The minimum atomic E-state index is -3.86. The van der Waals surface area contributed by atoms with Gasteiger partial charge in [0, 0.05) is 31.7 Å². The smallest absolute Gasteiger partial charge is 0.310 e.